The summed E-state index contributed by atoms with van der Waals surface area (Å²) in [6.45, 7) is 1.04. The van der Waals surface area contributed by atoms with Gasteiger partial charge in [-0.05, 0) is 43.7 Å². The summed E-state index contributed by atoms with van der Waals surface area (Å²) in [6.07, 6.45) is 4.56. The molecule has 4 unspecified atom stereocenters. The van der Waals surface area contributed by atoms with Crippen molar-refractivity contribution in [2.45, 2.75) is 42.9 Å². The molecule has 2 nitrogen and oxygen atoms in total. The summed E-state index contributed by atoms with van der Waals surface area (Å²) >= 11 is 0. The summed E-state index contributed by atoms with van der Waals surface area (Å²) in [4.78, 5) is 0. The van der Waals surface area contributed by atoms with E-state index in [0.29, 0.717) is 17.2 Å². The Morgan fingerprint density at radius 3 is 2.83 bits per heavy atom. The van der Waals surface area contributed by atoms with E-state index < -0.39 is 10.8 Å². The van der Waals surface area contributed by atoms with Crippen LogP contribution in [0.2, 0.25) is 0 Å². The van der Waals surface area contributed by atoms with Crippen LogP contribution in [-0.2, 0) is 10.8 Å². The van der Waals surface area contributed by atoms with Gasteiger partial charge in [0.1, 0.15) is 0 Å². The Morgan fingerprint density at radius 1 is 1.17 bits per heavy atom. The van der Waals surface area contributed by atoms with Crippen molar-refractivity contribution >= 4 is 10.8 Å². The Labute approximate surface area is 112 Å². The van der Waals surface area contributed by atoms with Crippen molar-refractivity contribution in [1.82, 2.24) is 5.32 Å². The van der Waals surface area contributed by atoms with E-state index in [4.69, 9.17) is 0 Å². The molecule has 2 aliphatic rings. The lowest BCUT2D eigenvalue weighted by molar-refractivity contribution is 0.355. The molecule has 1 saturated carbocycles. The van der Waals surface area contributed by atoms with Crippen LogP contribution < -0.4 is 5.32 Å². The van der Waals surface area contributed by atoms with Crippen molar-refractivity contribution in [2.75, 3.05) is 12.3 Å². The molecule has 2 fully saturated rings. The van der Waals surface area contributed by atoms with Gasteiger partial charge in [-0.1, -0.05) is 30.3 Å². The number of hydrogen-bond donors (Lipinski definition) is 1. The minimum absolute atomic E-state index is 0.367. The number of benzene rings is 1. The summed E-state index contributed by atoms with van der Waals surface area (Å²) in [6, 6.07) is 11.2. The Morgan fingerprint density at radius 2 is 2.00 bits per heavy atom. The van der Waals surface area contributed by atoms with Gasteiger partial charge in [-0.25, -0.2) is 0 Å². The first-order chi connectivity index (χ1) is 8.84. The van der Waals surface area contributed by atoms with Crippen LogP contribution in [0.15, 0.2) is 30.3 Å². The largest absolute Gasteiger partial charge is 0.313 e. The van der Waals surface area contributed by atoms with Crippen molar-refractivity contribution in [2.24, 2.45) is 0 Å². The standard InChI is InChI=1S/C15H21NOS/c17-18-10-4-9-16-14-8-7-13(11-15(14)18)12-5-2-1-3-6-12/h1-3,5-6,13-16H,4,7-11H2. The average molecular weight is 263 g/mol. The van der Waals surface area contributed by atoms with Gasteiger partial charge in [-0.2, -0.15) is 0 Å². The number of nitrogens with one attached hydrogen (secondary N) is 1. The fourth-order valence-electron chi connectivity index (χ4n) is 3.33. The minimum Gasteiger partial charge on any atom is -0.313 e. The second-order valence-corrected chi connectivity index (χ2v) is 7.23. The molecule has 0 bridgehead atoms. The Kier molecular flexibility index (Phi) is 3.80. The molecule has 0 aromatic heterocycles. The fraction of sp³-hybridized carbons (Fsp3) is 0.600. The van der Waals surface area contributed by atoms with E-state index in [1.165, 1.54) is 18.4 Å². The molecule has 18 heavy (non-hydrogen) atoms. The Balaban J connectivity index is 1.77. The van der Waals surface area contributed by atoms with Crippen LogP contribution in [0, 0.1) is 0 Å². The number of hydrogen-bond acceptors (Lipinski definition) is 2. The van der Waals surface area contributed by atoms with E-state index >= 15 is 0 Å². The van der Waals surface area contributed by atoms with E-state index in [-0.39, 0.29) is 0 Å². The van der Waals surface area contributed by atoms with Crippen LogP contribution in [-0.4, -0.2) is 27.8 Å². The van der Waals surface area contributed by atoms with Crippen molar-refractivity contribution in [3.63, 3.8) is 0 Å². The van der Waals surface area contributed by atoms with Gasteiger partial charge in [0.15, 0.2) is 0 Å². The molecular weight excluding hydrogens is 242 g/mol. The molecule has 1 heterocycles. The van der Waals surface area contributed by atoms with E-state index in [1.807, 2.05) is 0 Å². The molecule has 1 saturated heterocycles. The van der Waals surface area contributed by atoms with Crippen LogP contribution in [0.3, 0.4) is 0 Å². The van der Waals surface area contributed by atoms with Gasteiger partial charge < -0.3 is 5.32 Å². The first-order valence-electron chi connectivity index (χ1n) is 7.00. The molecule has 98 valence electrons. The molecule has 0 radical (unpaired) electrons. The first-order valence-corrected chi connectivity index (χ1v) is 8.38. The van der Waals surface area contributed by atoms with Crippen molar-refractivity contribution in [3.8, 4) is 0 Å². The first kappa shape index (κ1) is 12.4. The zero-order chi connectivity index (χ0) is 12.4. The molecule has 0 spiro atoms. The van der Waals surface area contributed by atoms with Gasteiger partial charge in [0.25, 0.3) is 0 Å². The summed E-state index contributed by atoms with van der Waals surface area (Å²) in [5.41, 5.74) is 1.43. The SMILES string of the molecule is O=S1CCCNC2CCC(c3ccccc3)CC21. The highest BCUT2D eigenvalue weighted by Crippen LogP contribution is 2.35. The Bertz CT molecular complexity index is 420. The van der Waals surface area contributed by atoms with Gasteiger partial charge in [0.05, 0.1) is 5.25 Å². The Hall–Kier alpha value is -0.670. The average Bonchev–Trinajstić information content (AvgIpc) is 2.62. The van der Waals surface area contributed by atoms with Crippen molar-refractivity contribution < 1.29 is 4.21 Å². The molecule has 0 amide bonds. The van der Waals surface area contributed by atoms with Gasteiger partial charge >= 0.3 is 0 Å². The molecule has 1 aromatic carbocycles. The summed E-state index contributed by atoms with van der Waals surface area (Å²) in [5, 5.41) is 3.96. The summed E-state index contributed by atoms with van der Waals surface area (Å²) < 4.78 is 12.3. The normalized spacial score (nSPS) is 36.7. The molecule has 3 rings (SSSR count). The molecule has 1 aliphatic heterocycles. The molecule has 1 N–H and O–H groups in total. The molecule has 1 aromatic rings. The van der Waals surface area contributed by atoms with Crippen LogP contribution in [0.25, 0.3) is 0 Å². The quantitative estimate of drug-likeness (QED) is 0.843. The highest BCUT2D eigenvalue weighted by Gasteiger charge is 2.35. The third kappa shape index (κ3) is 2.52. The van der Waals surface area contributed by atoms with Crippen molar-refractivity contribution in [1.29, 1.82) is 0 Å². The highest BCUT2D eigenvalue weighted by atomic mass is 32.2. The van der Waals surface area contributed by atoms with Gasteiger partial charge in [0, 0.05) is 22.6 Å². The van der Waals surface area contributed by atoms with E-state index in [2.05, 4.69) is 35.6 Å². The molecule has 1 aliphatic carbocycles. The predicted molar refractivity (Wildman–Crippen MR) is 76.2 cm³/mol. The maximum absolute atomic E-state index is 12.3. The lowest BCUT2D eigenvalue weighted by atomic mass is 9.81. The number of fused-ring (bicyclic) bond motifs is 1. The molecule has 4 atom stereocenters. The fourth-order valence-corrected chi connectivity index (χ4v) is 5.11. The third-order valence-electron chi connectivity index (χ3n) is 4.33. The van der Waals surface area contributed by atoms with Gasteiger partial charge in [-0.15, -0.1) is 0 Å². The van der Waals surface area contributed by atoms with Crippen LogP contribution in [0.5, 0.6) is 0 Å². The van der Waals surface area contributed by atoms with Gasteiger partial charge in [-0.3, -0.25) is 4.21 Å². The maximum atomic E-state index is 12.3. The monoisotopic (exact) mass is 263 g/mol. The van der Waals surface area contributed by atoms with E-state index in [9.17, 15) is 4.21 Å². The smallest absolute Gasteiger partial charge is 0.0507 e. The van der Waals surface area contributed by atoms with E-state index in [0.717, 1.165) is 25.1 Å². The third-order valence-corrected chi connectivity index (χ3v) is 6.22. The molecule has 3 heteroatoms. The maximum Gasteiger partial charge on any atom is 0.0507 e. The summed E-state index contributed by atoms with van der Waals surface area (Å²) in [5.74, 6) is 1.49. The summed E-state index contributed by atoms with van der Waals surface area (Å²) in [7, 11) is -0.631. The number of rotatable bonds is 1. The molecular formula is C15H21NOS. The lowest BCUT2D eigenvalue weighted by Gasteiger charge is -2.35. The minimum atomic E-state index is -0.631. The topological polar surface area (TPSA) is 29.1 Å². The highest BCUT2D eigenvalue weighted by molar-refractivity contribution is 7.85. The zero-order valence-corrected chi connectivity index (χ0v) is 11.5. The predicted octanol–water partition coefficient (Wildman–Crippen LogP) is 2.43. The lowest BCUT2D eigenvalue weighted by Crippen LogP contribution is -2.44. The van der Waals surface area contributed by atoms with Gasteiger partial charge in [0.2, 0.25) is 0 Å². The van der Waals surface area contributed by atoms with Crippen LogP contribution in [0.1, 0.15) is 37.2 Å². The van der Waals surface area contributed by atoms with Crippen molar-refractivity contribution in [3.05, 3.63) is 35.9 Å². The van der Waals surface area contributed by atoms with E-state index in [1.54, 1.807) is 0 Å². The van der Waals surface area contributed by atoms with Crippen LogP contribution >= 0.6 is 0 Å². The second kappa shape index (κ2) is 5.54. The van der Waals surface area contributed by atoms with Crippen LogP contribution in [0.4, 0.5) is 0 Å². The zero-order valence-electron chi connectivity index (χ0n) is 10.7. The second-order valence-electron chi connectivity index (χ2n) is 5.46.